The topological polar surface area (TPSA) is 20.7 Å². The average molecular weight is 439 g/mol. The molecule has 0 amide bonds. The summed E-state index contributed by atoms with van der Waals surface area (Å²) in [6.45, 7) is 6.57. The van der Waals surface area contributed by atoms with E-state index >= 15 is 0 Å². The van der Waals surface area contributed by atoms with Crippen LogP contribution in [0.15, 0.2) is 110 Å². The van der Waals surface area contributed by atoms with Crippen molar-refractivity contribution in [3.05, 3.63) is 127 Å². The van der Waals surface area contributed by atoms with E-state index < -0.39 is 0 Å². The summed E-state index contributed by atoms with van der Waals surface area (Å²) in [5, 5.41) is 3.77. The lowest BCUT2D eigenvalue weighted by atomic mass is 9.96. The van der Waals surface area contributed by atoms with Crippen LogP contribution in [-0.2, 0) is 6.42 Å². The number of para-hydroxylation sites is 3. The van der Waals surface area contributed by atoms with Crippen LogP contribution in [0.1, 0.15) is 23.7 Å². The van der Waals surface area contributed by atoms with Crippen molar-refractivity contribution in [1.82, 2.24) is 9.55 Å². The second-order valence-electron chi connectivity index (χ2n) is 8.78. The zero-order valence-electron chi connectivity index (χ0n) is 19.3. The van der Waals surface area contributed by atoms with Crippen LogP contribution < -0.4 is 0 Å². The Balaban J connectivity index is 1.47. The quantitative estimate of drug-likeness (QED) is 0.278. The molecule has 0 aliphatic heterocycles. The standard InChI is InChI=1S/C32H26N2/c1-3-11-29-32(26-15-7-9-16-28(26)33-29)22(2)20-23-18-19-31-27(21-23)25-14-8-10-17-30(25)34(31)24-12-5-4-6-13-24/h3-19,21,33H,2,20H2,1H3/b11-3-. The van der Waals surface area contributed by atoms with Crippen molar-refractivity contribution in [3.63, 3.8) is 0 Å². The van der Waals surface area contributed by atoms with E-state index in [0.29, 0.717) is 0 Å². The SMILES string of the molecule is C=C(Cc1ccc2c(c1)c1ccccc1n2-c1ccccc1)c1c(/C=C\C)[nH]c2ccccc12. The van der Waals surface area contributed by atoms with E-state index in [-0.39, 0.29) is 0 Å². The first kappa shape index (κ1) is 20.3. The second-order valence-corrected chi connectivity index (χ2v) is 8.78. The summed E-state index contributed by atoms with van der Waals surface area (Å²) in [6.07, 6.45) is 5.01. The highest BCUT2D eigenvalue weighted by atomic mass is 15.0. The molecule has 0 saturated heterocycles. The molecular formula is C32H26N2. The lowest BCUT2D eigenvalue weighted by Crippen LogP contribution is -1.94. The Morgan fingerprint density at radius 2 is 1.50 bits per heavy atom. The predicted molar refractivity (Wildman–Crippen MR) is 147 cm³/mol. The fourth-order valence-electron chi connectivity index (χ4n) is 5.16. The average Bonchev–Trinajstić information content (AvgIpc) is 3.40. The Bertz CT molecular complexity index is 1690. The lowest BCUT2D eigenvalue weighted by Gasteiger charge is -2.09. The van der Waals surface area contributed by atoms with Gasteiger partial charge >= 0.3 is 0 Å². The van der Waals surface area contributed by atoms with Crippen molar-refractivity contribution in [2.24, 2.45) is 0 Å². The summed E-state index contributed by atoms with van der Waals surface area (Å²) in [5.74, 6) is 0. The summed E-state index contributed by atoms with van der Waals surface area (Å²) in [7, 11) is 0. The Morgan fingerprint density at radius 3 is 2.32 bits per heavy atom. The van der Waals surface area contributed by atoms with Crippen molar-refractivity contribution in [3.8, 4) is 5.69 Å². The maximum absolute atomic E-state index is 4.52. The summed E-state index contributed by atoms with van der Waals surface area (Å²) < 4.78 is 2.35. The summed E-state index contributed by atoms with van der Waals surface area (Å²) in [6, 6.07) is 34.6. The van der Waals surface area contributed by atoms with E-state index in [2.05, 4.69) is 132 Å². The van der Waals surface area contributed by atoms with E-state index in [4.69, 9.17) is 0 Å². The number of nitrogens with zero attached hydrogens (tertiary/aromatic N) is 1. The number of aromatic amines is 1. The lowest BCUT2D eigenvalue weighted by molar-refractivity contribution is 1.18. The van der Waals surface area contributed by atoms with Crippen LogP contribution in [0.4, 0.5) is 0 Å². The molecule has 4 aromatic carbocycles. The number of H-pyrrole nitrogens is 1. The number of fused-ring (bicyclic) bond motifs is 4. The maximum atomic E-state index is 4.52. The summed E-state index contributed by atoms with van der Waals surface area (Å²) >= 11 is 0. The van der Waals surface area contributed by atoms with Crippen LogP contribution >= 0.6 is 0 Å². The minimum absolute atomic E-state index is 0.799. The van der Waals surface area contributed by atoms with Gasteiger partial charge in [0.2, 0.25) is 0 Å². The van der Waals surface area contributed by atoms with Crippen molar-refractivity contribution in [2.75, 3.05) is 0 Å². The van der Waals surface area contributed by atoms with Gasteiger partial charge in [-0.15, -0.1) is 0 Å². The van der Waals surface area contributed by atoms with Gasteiger partial charge in [-0.2, -0.15) is 0 Å². The predicted octanol–water partition coefficient (Wildman–Crippen LogP) is 8.55. The van der Waals surface area contributed by atoms with Crippen LogP contribution in [0.5, 0.6) is 0 Å². The fraction of sp³-hybridized carbons (Fsp3) is 0.0625. The molecular weight excluding hydrogens is 412 g/mol. The van der Waals surface area contributed by atoms with E-state index in [1.54, 1.807) is 0 Å². The maximum Gasteiger partial charge on any atom is 0.0541 e. The fourth-order valence-corrected chi connectivity index (χ4v) is 5.16. The first-order chi connectivity index (χ1) is 16.7. The third kappa shape index (κ3) is 3.27. The van der Waals surface area contributed by atoms with Crippen molar-refractivity contribution in [2.45, 2.75) is 13.3 Å². The summed E-state index contributed by atoms with van der Waals surface area (Å²) in [4.78, 5) is 3.56. The zero-order chi connectivity index (χ0) is 23.1. The molecule has 6 rings (SSSR count). The molecule has 2 aromatic heterocycles. The highest BCUT2D eigenvalue weighted by Gasteiger charge is 2.15. The smallest absolute Gasteiger partial charge is 0.0541 e. The van der Waals surface area contributed by atoms with Crippen LogP contribution in [0.3, 0.4) is 0 Å². The molecule has 0 atom stereocenters. The molecule has 0 aliphatic carbocycles. The van der Waals surface area contributed by atoms with Crippen LogP contribution in [0, 0.1) is 0 Å². The molecule has 6 aromatic rings. The Kier molecular flexibility index (Phi) is 4.92. The monoisotopic (exact) mass is 438 g/mol. The normalized spacial score (nSPS) is 11.8. The molecule has 0 unspecified atom stereocenters. The highest BCUT2D eigenvalue weighted by Crippen LogP contribution is 2.35. The van der Waals surface area contributed by atoms with Gasteiger partial charge in [0.05, 0.1) is 11.0 Å². The molecule has 0 radical (unpaired) electrons. The van der Waals surface area contributed by atoms with Gasteiger partial charge in [-0.3, -0.25) is 0 Å². The highest BCUT2D eigenvalue weighted by molar-refractivity contribution is 6.09. The van der Waals surface area contributed by atoms with Crippen molar-refractivity contribution >= 4 is 44.4 Å². The van der Waals surface area contributed by atoms with Gasteiger partial charge < -0.3 is 9.55 Å². The number of rotatable bonds is 5. The number of hydrogen-bond donors (Lipinski definition) is 1. The molecule has 0 spiro atoms. The first-order valence-electron chi connectivity index (χ1n) is 11.7. The molecule has 2 heteroatoms. The molecule has 2 heterocycles. The van der Waals surface area contributed by atoms with E-state index in [1.165, 1.54) is 44.0 Å². The number of allylic oxidation sites excluding steroid dienone is 2. The van der Waals surface area contributed by atoms with Gasteiger partial charge in [-0.1, -0.05) is 73.3 Å². The Morgan fingerprint density at radius 1 is 0.794 bits per heavy atom. The summed E-state index contributed by atoms with van der Waals surface area (Å²) in [5.41, 5.74) is 9.50. The largest absolute Gasteiger partial charge is 0.355 e. The van der Waals surface area contributed by atoms with Crippen molar-refractivity contribution < 1.29 is 0 Å². The van der Waals surface area contributed by atoms with Crippen LogP contribution in [-0.4, -0.2) is 9.55 Å². The van der Waals surface area contributed by atoms with E-state index in [9.17, 15) is 0 Å². The Hall–Kier alpha value is -4.30. The van der Waals surface area contributed by atoms with Gasteiger partial charge in [0.25, 0.3) is 0 Å². The third-order valence-corrected chi connectivity index (χ3v) is 6.59. The van der Waals surface area contributed by atoms with Gasteiger partial charge in [0, 0.05) is 38.6 Å². The molecule has 2 nitrogen and oxygen atoms in total. The van der Waals surface area contributed by atoms with Gasteiger partial charge in [0.15, 0.2) is 0 Å². The first-order valence-corrected chi connectivity index (χ1v) is 11.7. The number of hydrogen-bond acceptors (Lipinski definition) is 0. The molecule has 0 saturated carbocycles. The van der Waals surface area contributed by atoms with Gasteiger partial charge in [0.1, 0.15) is 0 Å². The zero-order valence-corrected chi connectivity index (χ0v) is 19.3. The molecule has 0 bridgehead atoms. The molecule has 0 fully saturated rings. The Labute approximate surface area is 199 Å². The number of benzene rings is 4. The van der Waals surface area contributed by atoms with Crippen LogP contribution in [0.25, 0.3) is 50.0 Å². The number of nitrogens with one attached hydrogen (secondary N) is 1. The molecule has 34 heavy (non-hydrogen) atoms. The molecule has 1 N–H and O–H groups in total. The third-order valence-electron chi connectivity index (χ3n) is 6.59. The molecule has 0 aliphatic rings. The molecule has 164 valence electrons. The van der Waals surface area contributed by atoms with Gasteiger partial charge in [-0.05, 0) is 67.0 Å². The van der Waals surface area contributed by atoms with Crippen molar-refractivity contribution in [1.29, 1.82) is 0 Å². The second kappa shape index (κ2) is 8.24. The van der Waals surface area contributed by atoms with E-state index in [0.717, 1.165) is 23.2 Å². The van der Waals surface area contributed by atoms with E-state index in [1.807, 2.05) is 0 Å². The van der Waals surface area contributed by atoms with Gasteiger partial charge in [-0.25, -0.2) is 0 Å². The number of aromatic nitrogens is 2. The minimum atomic E-state index is 0.799. The minimum Gasteiger partial charge on any atom is -0.355 e. The van der Waals surface area contributed by atoms with Crippen LogP contribution in [0.2, 0.25) is 0 Å².